The van der Waals surface area contributed by atoms with Crippen LogP contribution in [-0.2, 0) is 26.2 Å². The minimum atomic E-state index is -3.98. The number of carbonyl (C=O) groups is 2. The van der Waals surface area contributed by atoms with Gasteiger partial charge in [0.25, 0.3) is 5.69 Å². The van der Waals surface area contributed by atoms with Crippen LogP contribution in [0.3, 0.4) is 0 Å². The molecule has 0 radical (unpaired) electrons. The number of benzene rings is 2. The lowest BCUT2D eigenvalue weighted by molar-refractivity contribution is -0.384. The van der Waals surface area contributed by atoms with Crippen molar-refractivity contribution >= 4 is 33.2 Å². The maximum Gasteiger partial charge on any atom is 0.271 e. The van der Waals surface area contributed by atoms with E-state index in [2.05, 4.69) is 5.32 Å². The first-order chi connectivity index (χ1) is 15.5. The van der Waals surface area contributed by atoms with E-state index in [1.807, 2.05) is 6.07 Å². The topological polar surface area (TPSA) is 130 Å². The van der Waals surface area contributed by atoms with Crippen molar-refractivity contribution < 1.29 is 22.9 Å². The Bertz CT molecular complexity index is 1120. The van der Waals surface area contributed by atoms with E-state index in [4.69, 9.17) is 0 Å². The number of amides is 2. The van der Waals surface area contributed by atoms with Gasteiger partial charge in [0.15, 0.2) is 0 Å². The molecule has 1 N–H and O–H groups in total. The number of non-ortho nitro benzene ring substituents is 1. The monoisotopic (exact) mass is 476 g/mol. The molecule has 0 unspecified atom stereocenters. The fourth-order valence-corrected chi connectivity index (χ4v) is 4.34. The summed E-state index contributed by atoms with van der Waals surface area (Å²) in [5.41, 5.74) is 0.958. The largest absolute Gasteiger partial charge is 0.357 e. The third-order valence-corrected chi connectivity index (χ3v) is 6.31. The highest BCUT2D eigenvalue weighted by molar-refractivity contribution is 7.92. The first-order valence-electron chi connectivity index (χ1n) is 10.3. The number of sulfonamides is 1. The lowest BCUT2D eigenvalue weighted by Gasteiger charge is -2.32. The van der Waals surface area contributed by atoms with Crippen molar-refractivity contribution in [3.63, 3.8) is 0 Å². The van der Waals surface area contributed by atoms with Crippen molar-refractivity contribution in [2.45, 2.75) is 32.9 Å². The van der Waals surface area contributed by atoms with Gasteiger partial charge in [0.1, 0.15) is 12.6 Å². The van der Waals surface area contributed by atoms with Gasteiger partial charge in [0.05, 0.1) is 16.9 Å². The first kappa shape index (κ1) is 25.8. The Morgan fingerprint density at radius 3 is 2.30 bits per heavy atom. The van der Waals surface area contributed by atoms with Crippen LogP contribution in [0.1, 0.15) is 24.5 Å². The summed E-state index contributed by atoms with van der Waals surface area (Å²) in [5, 5.41) is 13.8. The molecule has 1 atom stereocenters. The van der Waals surface area contributed by atoms with Crippen LogP contribution in [0.25, 0.3) is 0 Å². The molecule has 0 aliphatic rings. The molecule has 33 heavy (non-hydrogen) atoms. The zero-order valence-corrected chi connectivity index (χ0v) is 19.8. The number of likely N-dealkylation sites (N-methyl/N-ethyl adjacent to an activating group) is 1. The van der Waals surface area contributed by atoms with E-state index in [0.717, 1.165) is 22.2 Å². The molecular weight excluding hydrogens is 448 g/mol. The maximum atomic E-state index is 13.4. The smallest absolute Gasteiger partial charge is 0.271 e. The highest BCUT2D eigenvalue weighted by Crippen LogP contribution is 2.28. The number of rotatable bonds is 10. The molecular formula is C22H28N4O6S. The van der Waals surface area contributed by atoms with Gasteiger partial charge in [0.2, 0.25) is 21.8 Å². The molecule has 2 rings (SSSR count). The summed E-state index contributed by atoms with van der Waals surface area (Å²) < 4.78 is 26.1. The molecule has 2 aromatic carbocycles. The van der Waals surface area contributed by atoms with Gasteiger partial charge in [0, 0.05) is 25.7 Å². The molecule has 0 heterocycles. The molecule has 0 fully saturated rings. The van der Waals surface area contributed by atoms with E-state index < -0.39 is 33.4 Å². The minimum absolute atomic E-state index is 0.0349. The fourth-order valence-electron chi connectivity index (χ4n) is 3.44. The average Bonchev–Trinajstić information content (AvgIpc) is 2.77. The molecule has 178 valence electrons. The summed E-state index contributed by atoms with van der Waals surface area (Å²) >= 11 is 0. The van der Waals surface area contributed by atoms with Crippen LogP contribution < -0.4 is 9.62 Å². The number of nitro benzene ring substituents is 1. The summed E-state index contributed by atoms with van der Waals surface area (Å²) in [6.45, 7) is 2.84. The van der Waals surface area contributed by atoms with Crippen LogP contribution >= 0.6 is 0 Å². The van der Waals surface area contributed by atoms with Crippen molar-refractivity contribution in [2.75, 3.05) is 24.2 Å². The normalized spacial score (nSPS) is 12.0. The first-order valence-corrected chi connectivity index (χ1v) is 12.1. The van der Waals surface area contributed by atoms with Crippen LogP contribution in [-0.4, -0.2) is 55.9 Å². The molecule has 10 nitrogen and oxygen atoms in total. The van der Waals surface area contributed by atoms with Crippen LogP contribution in [0.4, 0.5) is 11.4 Å². The lowest BCUT2D eigenvalue weighted by atomic mass is 10.1. The predicted molar refractivity (Wildman–Crippen MR) is 125 cm³/mol. The molecule has 11 heteroatoms. The molecule has 0 aliphatic carbocycles. The molecule has 0 saturated carbocycles. The van der Waals surface area contributed by atoms with Crippen molar-refractivity contribution in [3.05, 3.63) is 69.8 Å². The number of anilines is 1. The van der Waals surface area contributed by atoms with Gasteiger partial charge < -0.3 is 10.2 Å². The second-order valence-corrected chi connectivity index (χ2v) is 9.45. The van der Waals surface area contributed by atoms with E-state index in [1.54, 1.807) is 38.1 Å². The third-order valence-electron chi connectivity index (χ3n) is 5.18. The highest BCUT2D eigenvalue weighted by atomic mass is 32.2. The molecule has 0 aromatic heterocycles. The number of carbonyl (C=O) groups excluding carboxylic acids is 2. The maximum absolute atomic E-state index is 13.4. The highest BCUT2D eigenvalue weighted by Gasteiger charge is 2.32. The summed E-state index contributed by atoms with van der Waals surface area (Å²) in [5.74, 6) is -0.982. The summed E-state index contributed by atoms with van der Waals surface area (Å²) in [4.78, 5) is 37.9. The quantitative estimate of drug-likeness (QED) is 0.413. The van der Waals surface area contributed by atoms with E-state index in [0.29, 0.717) is 12.0 Å². The van der Waals surface area contributed by atoms with Crippen LogP contribution in [0.2, 0.25) is 0 Å². The number of nitrogens with zero attached hydrogens (tertiary/aromatic N) is 3. The van der Waals surface area contributed by atoms with Gasteiger partial charge in [-0.3, -0.25) is 24.0 Å². The molecule has 0 spiro atoms. The van der Waals surface area contributed by atoms with Gasteiger partial charge in [-0.1, -0.05) is 43.3 Å². The summed E-state index contributed by atoms with van der Waals surface area (Å²) in [6, 6.07) is 12.0. The standard InChI is InChI=1S/C22H28N4O6S/c1-5-19(22(28)23-3)24(14-17-9-7-6-8-10-17)21(27)15-25(33(4,31)32)20-13-18(26(29)30)12-11-16(20)2/h6-13,19H,5,14-15H2,1-4H3,(H,23,28)/t19-/m0/s1. The summed E-state index contributed by atoms with van der Waals surface area (Å²) in [6.07, 6.45) is 1.24. The molecule has 0 bridgehead atoms. The zero-order chi connectivity index (χ0) is 24.8. The lowest BCUT2D eigenvalue weighted by Crippen LogP contribution is -2.51. The third kappa shape index (κ3) is 6.51. The SMILES string of the molecule is CC[C@@H](C(=O)NC)N(Cc1ccccc1)C(=O)CN(c1cc([N+](=O)[O-])ccc1C)S(C)(=O)=O. The van der Waals surface area contributed by atoms with E-state index in [1.165, 1.54) is 24.1 Å². The average molecular weight is 477 g/mol. The van der Waals surface area contributed by atoms with E-state index in [9.17, 15) is 28.1 Å². The Morgan fingerprint density at radius 2 is 1.79 bits per heavy atom. The fraction of sp³-hybridized carbons (Fsp3) is 0.364. The van der Waals surface area contributed by atoms with E-state index in [-0.39, 0.29) is 23.8 Å². The molecule has 0 aliphatic heterocycles. The molecule has 0 saturated heterocycles. The van der Waals surface area contributed by atoms with Crippen LogP contribution in [0.5, 0.6) is 0 Å². The number of hydrogen-bond acceptors (Lipinski definition) is 6. The Morgan fingerprint density at radius 1 is 1.15 bits per heavy atom. The van der Waals surface area contributed by atoms with Gasteiger partial charge in [-0.2, -0.15) is 0 Å². The van der Waals surface area contributed by atoms with Gasteiger partial charge >= 0.3 is 0 Å². The Labute approximate surface area is 193 Å². The van der Waals surface area contributed by atoms with Crippen molar-refractivity contribution in [3.8, 4) is 0 Å². The Hall–Kier alpha value is -3.47. The number of aryl methyl sites for hydroxylation is 1. The predicted octanol–water partition coefficient (Wildman–Crippen LogP) is 2.22. The van der Waals surface area contributed by atoms with Crippen molar-refractivity contribution in [1.82, 2.24) is 10.2 Å². The molecule has 2 amide bonds. The number of hydrogen-bond donors (Lipinski definition) is 1. The van der Waals surface area contributed by atoms with Gasteiger partial charge in [-0.15, -0.1) is 0 Å². The van der Waals surface area contributed by atoms with E-state index >= 15 is 0 Å². The van der Waals surface area contributed by atoms with Crippen LogP contribution in [0.15, 0.2) is 48.5 Å². The molecule has 2 aromatic rings. The summed E-state index contributed by atoms with van der Waals surface area (Å²) in [7, 11) is -2.52. The van der Waals surface area contributed by atoms with Crippen LogP contribution in [0, 0.1) is 17.0 Å². The zero-order valence-electron chi connectivity index (χ0n) is 19.0. The second-order valence-electron chi connectivity index (χ2n) is 7.54. The number of nitrogens with one attached hydrogen (secondary N) is 1. The van der Waals surface area contributed by atoms with Crippen molar-refractivity contribution in [1.29, 1.82) is 0 Å². The Balaban J connectivity index is 2.50. The minimum Gasteiger partial charge on any atom is -0.357 e. The van der Waals surface area contributed by atoms with Gasteiger partial charge in [-0.25, -0.2) is 8.42 Å². The second kappa shape index (κ2) is 10.9. The Kier molecular flexibility index (Phi) is 8.52. The van der Waals surface area contributed by atoms with Crippen molar-refractivity contribution in [2.24, 2.45) is 0 Å². The number of nitro groups is 1. The van der Waals surface area contributed by atoms with Gasteiger partial charge in [-0.05, 0) is 24.5 Å².